The van der Waals surface area contributed by atoms with Gasteiger partial charge in [-0.05, 0) is 18.2 Å². The molecule has 114 valence electrons. The van der Waals surface area contributed by atoms with Crippen LogP contribution in [-0.4, -0.2) is 44.3 Å². The highest BCUT2D eigenvalue weighted by atomic mass is 32.2. The Morgan fingerprint density at radius 1 is 1.43 bits per heavy atom. The van der Waals surface area contributed by atoms with Crippen LogP contribution in [0.25, 0.3) is 10.9 Å². The average Bonchev–Trinajstić information content (AvgIpc) is 2.87. The van der Waals surface area contributed by atoms with E-state index in [0.717, 1.165) is 4.31 Å². The highest BCUT2D eigenvalue weighted by Gasteiger charge is 2.24. The molecule has 0 saturated carbocycles. The molecular weight excluding hydrogens is 292 g/mol. The minimum Gasteiger partial charge on any atom is -0.399 e. The van der Waals surface area contributed by atoms with Gasteiger partial charge in [0.15, 0.2) is 0 Å². The van der Waals surface area contributed by atoms with Gasteiger partial charge in [0.05, 0.1) is 0 Å². The highest BCUT2D eigenvalue weighted by molar-refractivity contribution is 7.89. The average molecular weight is 310 g/mol. The third-order valence-electron chi connectivity index (χ3n) is 3.29. The van der Waals surface area contributed by atoms with Gasteiger partial charge < -0.3 is 16.0 Å². The van der Waals surface area contributed by atoms with Crippen molar-refractivity contribution in [3.05, 3.63) is 24.4 Å². The van der Waals surface area contributed by atoms with Crippen LogP contribution in [0.2, 0.25) is 0 Å². The maximum absolute atomic E-state index is 12.6. The summed E-state index contributed by atoms with van der Waals surface area (Å²) in [4.78, 5) is 14.3. The summed E-state index contributed by atoms with van der Waals surface area (Å²) in [6, 6.07) is 5.05. The number of carbonyl (C=O) groups excluding carboxylic acids is 1. The van der Waals surface area contributed by atoms with E-state index in [9.17, 15) is 13.2 Å². The quantitative estimate of drug-likeness (QED) is 0.699. The molecule has 1 amide bonds. The number of sulfonamides is 1. The Balaban J connectivity index is 2.33. The Morgan fingerprint density at radius 2 is 2.14 bits per heavy atom. The largest absolute Gasteiger partial charge is 0.399 e. The van der Waals surface area contributed by atoms with Crippen molar-refractivity contribution in [2.75, 3.05) is 26.4 Å². The van der Waals surface area contributed by atoms with Gasteiger partial charge in [-0.3, -0.25) is 4.79 Å². The zero-order valence-electron chi connectivity index (χ0n) is 11.9. The molecule has 0 atom stereocenters. The highest BCUT2D eigenvalue weighted by Crippen LogP contribution is 2.26. The number of hydrogen-bond acceptors (Lipinski definition) is 4. The van der Waals surface area contributed by atoms with Gasteiger partial charge >= 0.3 is 0 Å². The van der Waals surface area contributed by atoms with Gasteiger partial charge in [0.1, 0.15) is 4.90 Å². The van der Waals surface area contributed by atoms with Crippen molar-refractivity contribution in [2.24, 2.45) is 0 Å². The van der Waals surface area contributed by atoms with E-state index in [0.29, 0.717) is 16.6 Å². The molecule has 2 rings (SSSR count). The molecule has 21 heavy (non-hydrogen) atoms. The molecule has 0 unspecified atom stereocenters. The Morgan fingerprint density at radius 3 is 2.81 bits per heavy atom. The van der Waals surface area contributed by atoms with E-state index in [1.807, 2.05) is 0 Å². The number of aromatic amines is 1. The van der Waals surface area contributed by atoms with Crippen LogP contribution in [0.3, 0.4) is 0 Å². The number of nitrogens with two attached hydrogens (primary N) is 1. The van der Waals surface area contributed by atoms with Crippen LogP contribution < -0.4 is 11.1 Å². The summed E-state index contributed by atoms with van der Waals surface area (Å²) in [5, 5.41) is 3.00. The Labute approximate surface area is 123 Å². The minimum absolute atomic E-state index is 0.108. The maximum Gasteiger partial charge on any atom is 0.244 e. The summed E-state index contributed by atoms with van der Waals surface area (Å²) in [5.74, 6) is -0.208. The van der Waals surface area contributed by atoms with Crippen molar-refractivity contribution < 1.29 is 13.2 Å². The first-order valence-electron chi connectivity index (χ1n) is 6.40. The summed E-state index contributed by atoms with van der Waals surface area (Å²) in [7, 11) is -0.715. The standard InChI is InChI=1S/C13H18N4O3S/c1-15-13(18)5-6-17(2)21(19,20)12-8-16-11-4-3-9(14)7-10(11)12/h3-4,7-8,16H,5-6,14H2,1-2H3,(H,15,18). The number of H-pyrrole nitrogens is 1. The summed E-state index contributed by atoms with van der Waals surface area (Å²) < 4.78 is 26.3. The molecule has 0 radical (unpaired) electrons. The number of rotatable bonds is 5. The summed E-state index contributed by atoms with van der Waals surface area (Å²) >= 11 is 0. The lowest BCUT2D eigenvalue weighted by atomic mass is 10.2. The zero-order chi connectivity index (χ0) is 15.6. The fourth-order valence-electron chi connectivity index (χ4n) is 2.00. The smallest absolute Gasteiger partial charge is 0.244 e. The van der Waals surface area contributed by atoms with E-state index < -0.39 is 10.0 Å². The number of anilines is 1. The first kappa shape index (κ1) is 15.3. The number of fused-ring (bicyclic) bond motifs is 1. The third kappa shape index (κ3) is 3.01. The fourth-order valence-corrected chi connectivity index (χ4v) is 3.32. The lowest BCUT2D eigenvalue weighted by Gasteiger charge is -2.16. The van der Waals surface area contributed by atoms with E-state index in [-0.39, 0.29) is 23.8 Å². The lowest BCUT2D eigenvalue weighted by molar-refractivity contribution is -0.120. The predicted molar refractivity (Wildman–Crippen MR) is 81.2 cm³/mol. The predicted octanol–water partition coefficient (Wildman–Crippen LogP) is 0.507. The molecule has 0 saturated heterocycles. The lowest BCUT2D eigenvalue weighted by Crippen LogP contribution is -2.31. The van der Waals surface area contributed by atoms with Crippen LogP contribution in [-0.2, 0) is 14.8 Å². The van der Waals surface area contributed by atoms with Crippen LogP contribution >= 0.6 is 0 Å². The Bertz CT molecular complexity index is 767. The molecule has 1 aromatic carbocycles. The van der Waals surface area contributed by atoms with Gasteiger partial charge in [0, 0.05) is 49.8 Å². The van der Waals surface area contributed by atoms with E-state index in [1.54, 1.807) is 18.2 Å². The molecule has 8 heteroatoms. The molecule has 0 fully saturated rings. The molecule has 0 bridgehead atoms. The van der Waals surface area contributed by atoms with Crippen molar-refractivity contribution in [1.29, 1.82) is 0 Å². The monoisotopic (exact) mass is 310 g/mol. The van der Waals surface area contributed by atoms with E-state index in [1.165, 1.54) is 20.3 Å². The molecule has 7 nitrogen and oxygen atoms in total. The van der Waals surface area contributed by atoms with Gasteiger partial charge in [-0.15, -0.1) is 0 Å². The van der Waals surface area contributed by atoms with Gasteiger partial charge in [-0.25, -0.2) is 12.7 Å². The van der Waals surface area contributed by atoms with Crippen molar-refractivity contribution in [3.63, 3.8) is 0 Å². The second-order valence-corrected chi connectivity index (χ2v) is 6.72. The van der Waals surface area contributed by atoms with Crippen LogP contribution in [0.5, 0.6) is 0 Å². The van der Waals surface area contributed by atoms with E-state index in [4.69, 9.17) is 5.73 Å². The molecule has 1 aromatic heterocycles. The zero-order valence-corrected chi connectivity index (χ0v) is 12.7. The number of nitrogens with zero attached hydrogens (tertiary/aromatic N) is 1. The number of carbonyl (C=O) groups is 1. The van der Waals surface area contributed by atoms with Crippen LogP contribution in [0, 0.1) is 0 Å². The minimum atomic E-state index is -3.68. The molecular formula is C13H18N4O3S. The first-order chi connectivity index (χ1) is 9.86. The molecule has 0 aliphatic rings. The number of benzene rings is 1. The molecule has 0 aliphatic heterocycles. The second-order valence-electron chi connectivity index (χ2n) is 4.71. The molecule has 0 aliphatic carbocycles. The van der Waals surface area contributed by atoms with Gasteiger partial charge in [-0.2, -0.15) is 0 Å². The van der Waals surface area contributed by atoms with Crippen molar-refractivity contribution >= 4 is 32.5 Å². The van der Waals surface area contributed by atoms with Crippen molar-refractivity contribution in [1.82, 2.24) is 14.6 Å². The Hall–Kier alpha value is -2.06. The van der Waals surface area contributed by atoms with Crippen LogP contribution in [0.15, 0.2) is 29.3 Å². The summed E-state index contributed by atoms with van der Waals surface area (Å²) in [6.45, 7) is 0.108. The molecule has 1 heterocycles. The topological polar surface area (TPSA) is 108 Å². The first-order valence-corrected chi connectivity index (χ1v) is 7.84. The second kappa shape index (κ2) is 5.74. The third-order valence-corrected chi connectivity index (χ3v) is 5.19. The number of aromatic nitrogens is 1. The number of nitrogen functional groups attached to an aromatic ring is 1. The number of hydrogen-bond donors (Lipinski definition) is 3. The number of nitrogens with one attached hydrogen (secondary N) is 2. The maximum atomic E-state index is 12.6. The van der Waals surface area contributed by atoms with Crippen molar-refractivity contribution in [3.8, 4) is 0 Å². The van der Waals surface area contributed by atoms with E-state index >= 15 is 0 Å². The van der Waals surface area contributed by atoms with Crippen molar-refractivity contribution in [2.45, 2.75) is 11.3 Å². The van der Waals surface area contributed by atoms with Crippen LogP contribution in [0.1, 0.15) is 6.42 Å². The normalized spacial score (nSPS) is 12.0. The van der Waals surface area contributed by atoms with E-state index in [2.05, 4.69) is 10.3 Å². The Kier molecular flexibility index (Phi) is 4.19. The molecule has 0 spiro atoms. The molecule has 4 N–H and O–H groups in total. The van der Waals surface area contributed by atoms with Gasteiger partial charge in [0.25, 0.3) is 0 Å². The van der Waals surface area contributed by atoms with Gasteiger partial charge in [0.2, 0.25) is 15.9 Å². The summed E-state index contributed by atoms with van der Waals surface area (Å²) in [5.41, 5.74) is 6.90. The number of amides is 1. The van der Waals surface area contributed by atoms with Crippen LogP contribution in [0.4, 0.5) is 5.69 Å². The SMILES string of the molecule is CNC(=O)CCN(C)S(=O)(=O)c1c[nH]c2ccc(N)cc12. The molecule has 2 aromatic rings. The van der Waals surface area contributed by atoms with Gasteiger partial charge in [-0.1, -0.05) is 0 Å². The fraction of sp³-hybridized carbons (Fsp3) is 0.308. The summed E-state index contributed by atoms with van der Waals surface area (Å²) in [6.07, 6.45) is 1.55.